The molecule has 0 saturated heterocycles. The zero-order chi connectivity index (χ0) is 16.3. The molecule has 1 atom stereocenters. The highest BCUT2D eigenvalue weighted by atomic mass is 16.3. The van der Waals surface area contributed by atoms with Gasteiger partial charge in [0.2, 0.25) is 0 Å². The molecule has 3 rings (SSSR count). The normalized spacial score (nSPS) is 24.3. The van der Waals surface area contributed by atoms with Crippen LogP contribution in [0.4, 0.5) is 0 Å². The average molecular weight is 316 g/mol. The maximum atomic E-state index is 11.4. The van der Waals surface area contributed by atoms with Crippen molar-refractivity contribution in [2.75, 3.05) is 13.6 Å². The van der Waals surface area contributed by atoms with Gasteiger partial charge in [0.25, 0.3) is 0 Å². The Morgan fingerprint density at radius 3 is 2.61 bits per heavy atom. The van der Waals surface area contributed by atoms with Crippen molar-refractivity contribution in [3.8, 4) is 0 Å². The van der Waals surface area contributed by atoms with E-state index < -0.39 is 5.60 Å². The van der Waals surface area contributed by atoms with Crippen LogP contribution in [0.15, 0.2) is 18.2 Å². The zero-order valence-electron chi connectivity index (χ0n) is 15.0. The molecule has 0 heterocycles. The van der Waals surface area contributed by atoms with E-state index in [1.807, 2.05) is 0 Å². The summed E-state index contributed by atoms with van der Waals surface area (Å²) in [5.74, 6) is 0. The molecular formula is C21H33NO. The van der Waals surface area contributed by atoms with Crippen molar-refractivity contribution in [1.82, 2.24) is 4.90 Å². The highest BCUT2D eigenvalue weighted by Gasteiger charge is 2.34. The minimum Gasteiger partial charge on any atom is -0.385 e. The maximum absolute atomic E-state index is 11.4. The van der Waals surface area contributed by atoms with Crippen molar-refractivity contribution in [1.29, 1.82) is 0 Å². The van der Waals surface area contributed by atoms with Crippen LogP contribution in [-0.4, -0.2) is 29.6 Å². The molecule has 0 bridgehead atoms. The Bertz CT molecular complexity index is 517. The molecule has 1 fully saturated rings. The van der Waals surface area contributed by atoms with Crippen LogP contribution in [0, 0.1) is 0 Å². The van der Waals surface area contributed by atoms with Crippen LogP contribution in [0.25, 0.3) is 0 Å². The lowest BCUT2D eigenvalue weighted by Crippen LogP contribution is -2.38. The molecule has 0 aromatic heterocycles. The summed E-state index contributed by atoms with van der Waals surface area (Å²) in [5, 5.41) is 11.4. The Balaban J connectivity index is 1.89. The molecule has 1 aromatic carbocycles. The van der Waals surface area contributed by atoms with E-state index in [0.717, 1.165) is 25.7 Å². The monoisotopic (exact) mass is 315 g/mol. The minimum atomic E-state index is -0.576. The number of likely N-dealkylation sites (N-methyl/N-ethyl adjacent to an activating group) is 1. The first-order valence-corrected chi connectivity index (χ1v) is 9.68. The fraction of sp³-hybridized carbons (Fsp3) is 0.714. The van der Waals surface area contributed by atoms with E-state index in [1.54, 1.807) is 0 Å². The molecule has 0 aliphatic heterocycles. The van der Waals surface area contributed by atoms with Gasteiger partial charge in [0, 0.05) is 6.04 Å². The van der Waals surface area contributed by atoms with Gasteiger partial charge in [0.15, 0.2) is 0 Å². The fourth-order valence-corrected chi connectivity index (χ4v) is 4.70. The van der Waals surface area contributed by atoms with Crippen LogP contribution < -0.4 is 0 Å². The summed E-state index contributed by atoms with van der Waals surface area (Å²) in [4.78, 5) is 2.52. The number of aliphatic hydroxyl groups is 1. The van der Waals surface area contributed by atoms with Gasteiger partial charge in [-0.15, -0.1) is 0 Å². The van der Waals surface area contributed by atoms with Gasteiger partial charge >= 0.3 is 0 Å². The summed E-state index contributed by atoms with van der Waals surface area (Å²) >= 11 is 0. The summed E-state index contributed by atoms with van der Waals surface area (Å²) in [6.45, 7) is 3.43. The number of benzene rings is 1. The molecule has 2 aliphatic rings. The largest absolute Gasteiger partial charge is 0.385 e. The molecule has 1 unspecified atom stereocenters. The molecule has 1 saturated carbocycles. The Kier molecular flexibility index (Phi) is 5.43. The molecule has 23 heavy (non-hydrogen) atoms. The Morgan fingerprint density at radius 2 is 1.91 bits per heavy atom. The van der Waals surface area contributed by atoms with E-state index in [1.165, 1.54) is 61.8 Å². The molecular weight excluding hydrogens is 282 g/mol. The second-order valence-electron chi connectivity index (χ2n) is 7.77. The minimum absolute atomic E-state index is 0.576. The number of aryl methyl sites for hydroxylation is 1. The van der Waals surface area contributed by atoms with Crippen molar-refractivity contribution < 1.29 is 5.11 Å². The average Bonchev–Trinajstić information content (AvgIpc) is 2.79. The predicted octanol–water partition coefficient (Wildman–Crippen LogP) is 4.43. The summed E-state index contributed by atoms with van der Waals surface area (Å²) in [7, 11) is 2.27. The third-order valence-corrected chi connectivity index (χ3v) is 6.09. The van der Waals surface area contributed by atoms with Gasteiger partial charge in [-0.1, -0.05) is 50.8 Å². The standard InChI is InChI=1S/C21H33NO/c1-3-15-22(2)18-12-11-17-9-8-10-20(19(17)16-18)21(23)13-6-4-5-7-14-21/h8-10,18,23H,3-7,11-16H2,1-2H3. The lowest BCUT2D eigenvalue weighted by Gasteiger charge is -2.37. The van der Waals surface area contributed by atoms with E-state index in [-0.39, 0.29) is 0 Å². The van der Waals surface area contributed by atoms with Gasteiger partial charge < -0.3 is 10.0 Å². The number of nitrogens with zero attached hydrogens (tertiary/aromatic N) is 1. The first-order valence-electron chi connectivity index (χ1n) is 9.68. The number of hydrogen-bond acceptors (Lipinski definition) is 2. The number of hydrogen-bond donors (Lipinski definition) is 1. The van der Waals surface area contributed by atoms with Crippen molar-refractivity contribution in [2.24, 2.45) is 0 Å². The number of rotatable bonds is 4. The number of fused-ring (bicyclic) bond motifs is 1. The molecule has 2 aliphatic carbocycles. The fourth-order valence-electron chi connectivity index (χ4n) is 4.70. The predicted molar refractivity (Wildman–Crippen MR) is 96.8 cm³/mol. The van der Waals surface area contributed by atoms with E-state index in [4.69, 9.17) is 0 Å². The summed E-state index contributed by atoms with van der Waals surface area (Å²) in [6, 6.07) is 7.31. The topological polar surface area (TPSA) is 23.5 Å². The van der Waals surface area contributed by atoms with Crippen molar-refractivity contribution in [3.05, 3.63) is 34.9 Å². The Labute approximate surface area is 141 Å². The van der Waals surface area contributed by atoms with Gasteiger partial charge in [0.1, 0.15) is 0 Å². The molecule has 2 heteroatoms. The highest BCUT2D eigenvalue weighted by molar-refractivity contribution is 5.41. The van der Waals surface area contributed by atoms with E-state index in [9.17, 15) is 5.11 Å². The van der Waals surface area contributed by atoms with Crippen LogP contribution in [0.2, 0.25) is 0 Å². The Hall–Kier alpha value is -0.860. The van der Waals surface area contributed by atoms with E-state index in [2.05, 4.69) is 37.1 Å². The van der Waals surface area contributed by atoms with Gasteiger partial charge in [0.05, 0.1) is 5.60 Å². The Morgan fingerprint density at radius 1 is 1.17 bits per heavy atom. The summed E-state index contributed by atoms with van der Waals surface area (Å²) in [6.07, 6.45) is 11.5. The van der Waals surface area contributed by atoms with Gasteiger partial charge in [-0.05, 0) is 68.8 Å². The van der Waals surface area contributed by atoms with Gasteiger partial charge in [-0.25, -0.2) is 0 Å². The quantitative estimate of drug-likeness (QED) is 0.831. The molecule has 2 nitrogen and oxygen atoms in total. The van der Waals surface area contributed by atoms with Crippen LogP contribution in [-0.2, 0) is 18.4 Å². The molecule has 128 valence electrons. The third kappa shape index (κ3) is 3.64. The zero-order valence-corrected chi connectivity index (χ0v) is 15.0. The second-order valence-corrected chi connectivity index (χ2v) is 7.77. The third-order valence-electron chi connectivity index (χ3n) is 6.09. The molecule has 0 spiro atoms. The van der Waals surface area contributed by atoms with E-state index in [0.29, 0.717) is 6.04 Å². The SMILES string of the molecule is CCCN(C)C1CCc2cccc(C3(O)CCCCCC3)c2C1. The summed E-state index contributed by atoms with van der Waals surface area (Å²) < 4.78 is 0. The van der Waals surface area contributed by atoms with Gasteiger partial charge in [-0.3, -0.25) is 0 Å². The second kappa shape index (κ2) is 7.36. The maximum Gasteiger partial charge on any atom is 0.0899 e. The smallest absolute Gasteiger partial charge is 0.0899 e. The van der Waals surface area contributed by atoms with Gasteiger partial charge in [-0.2, -0.15) is 0 Å². The molecule has 1 aromatic rings. The van der Waals surface area contributed by atoms with Crippen molar-refractivity contribution in [2.45, 2.75) is 82.8 Å². The van der Waals surface area contributed by atoms with Crippen LogP contribution in [0.1, 0.15) is 75.0 Å². The first-order chi connectivity index (χ1) is 11.1. The van der Waals surface area contributed by atoms with E-state index >= 15 is 0 Å². The first kappa shape index (κ1) is 17.0. The van der Waals surface area contributed by atoms with Crippen molar-refractivity contribution >= 4 is 0 Å². The van der Waals surface area contributed by atoms with Crippen LogP contribution in [0.5, 0.6) is 0 Å². The lowest BCUT2D eigenvalue weighted by molar-refractivity contribution is 0.0193. The summed E-state index contributed by atoms with van der Waals surface area (Å²) in [5.41, 5.74) is 3.64. The highest BCUT2D eigenvalue weighted by Crippen LogP contribution is 2.40. The molecule has 0 amide bonds. The molecule has 0 radical (unpaired) electrons. The van der Waals surface area contributed by atoms with Crippen molar-refractivity contribution in [3.63, 3.8) is 0 Å². The lowest BCUT2D eigenvalue weighted by atomic mass is 9.77. The molecule has 1 N–H and O–H groups in total. The van der Waals surface area contributed by atoms with Crippen LogP contribution in [0.3, 0.4) is 0 Å². The van der Waals surface area contributed by atoms with Crippen LogP contribution >= 0.6 is 0 Å².